The molecular formula is C16H24N2O2. The van der Waals surface area contributed by atoms with Gasteiger partial charge >= 0.3 is 0 Å². The topological polar surface area (TPSA) is 44.7 Å². The molecule has 0 fully saturated rings. The van der Waals surface area contributed by atoms with E-state index < -0.39 is 5.60 Å². The van der Waals surface area contributed by atoms with Gasteiger partial charge in [-0.1, -0.05) is 24.1 Å². The smallest absolute Gasteiger partial charge is 0.148 e. The first kappa shape index (κ1) is 16.5. The average molecular weight is 276 g/mol. The number of para-hydroxylation sites is 1. The van der Waals surface area contributed by atoms with Crippen molar-refractivity contribution in [1.82, 2.24) is 10.2 Å². The summed E-state index contributed by atoms with van der Waals surface area (Å²) in [4.78, 5) is 1.96. The third kappa shape index (κ3) is 6.07. The summed E-state index contributed by atoms with van der Waals surface area (Å²) in [6.45, 7) is 3.82. The lowest BCUT2D eigenvalue weighted by Gasteiger charge is -2.27. The monoisotopic (exact) mass is 276 g/mol. The van der Waals surface area contributed by atoms with Crippen molar-refractivity contribution in [3.8, 4) is 18.1 Å². The van der Waals surface area contributed by atoms with Crippen LogP contribution in [0.5, 0.6) is 5.75 Å². The third-order valence-corrected chi connectivity index (χ3v) is 2.76. The fourth-order valence-electron chi connectivity index (χ4n) is 2.11. The lowest BCUT2D eigenvalue weighted by Crippen LogP contribution is -2.45. The lowest BCUT2D eigenvalue weighted by atomic mass is 10.1. The van der Waals surface area contributed by atoms with E-state index in [4.69, 9.17) is 11.2 Å². The predicted molar refractivity (Wildman–Crippen MR) is 81.7 cm³/mol. The van der Waals surface area contributed by atoms with E-state index in [1.54, 1.807) is 0 Å². The highest BCUT2D eigenvalue weighted by Gasteiger charge is 2.20. The van der Waals surface area contributed by atoms with Crippen molar-refractivity contribution in [3.63, 3.8) is 0 Å². The molecule has 1 rings (SSSR count). The normalized spacial score (nSPS) is 13.8. The molecule has 1 atom stereocenters. The van der Waals surface area contributed by atoms with E-state index in [9.17, 15) is 5.11 Å². The zero-order valence-corrected chi connectivity index (χ0v) is 12.5. The first-order chi connectivity index (χ1) is 9.44. The molecule has 0 aliphatic carbocycles. The minimum Gasteiger partial charge on any atom is -0.481 e. The first-order valence-electron chi connectivity index (χ1n) is 6.66. The molecule has 20 heavy (non-hydrogen) atoms. The van der Waals surface area contributed by atoms with Gasteiger partial charge in [0.15, 0.2) is 0 Å². The Morgan fingerprint density at radius 1 is 1.40 bits per heavy atom. The summed E-state index contributed by atoms with van der Waals surface area (Å²) in [5.41, 5.74) is 0.265. The van der Waals surface area contributed by atoms with Crippen LogP contribution in [-0.4, -0.2) is 49.4 Å². The SMILES string of the molecule is C#CCOc1ccccc1CNCC(C)(O)CN(C)C. The number of likely N-dealkylation sites (N-methyl/N-ethyl adjacent to an activating group) is 1. The molecule has 0 aromatic heterocycles. The molecule has 4 heteroatoms. The number of hydrogen-bond acceptors (Lipinski definition) is 4. The highest BCUT2D eigenvalue weighted by molar-refractivity contribution is 5.33. The molecule has 1 unspecified atom stereocenters. The summed E-state index contributed by atoms with van der Waals surface area (Å²) in [6, 6.07) is 7.75. The van der Waals surface area contributed by atoms with Crippen molar-refractivity contribution in [1.29, 1.82) is 0 Å². The number of nitrogens with zero attached hydrogens (tertiary/aromatic N) is 1. The number of hydrogen-bond donors (Lipinski definition) is 2. The second kappa shape index (κ2) is 7.91. The maximum Gasteiger partial charge on any atom is 0.148 e. The van der Waals surface area contributed by atoms with Crippen LogP contribution in [0.15, 0.2) is 24.3 Å². The van der Waals surface area contributed by atoms with Crippen LogP contribution in [0.3, 0.4) is 0 Å². The van der Waals surface area contributed by atoms with Crippen molar-refractivity contribution >= 4 is 0 Å². The van der Waals surface area contributed by atoms with E-state index in [-0.39, 0.29) is 6.61 Å². The summed E-state index contributed by atoms with van der Waals surface area (Å²) in [5, 5.41) is 13.5. The van der Waals surface area contributed by atoms with Crippen LogP contribution >= 0.6 is 0 Å². The van der Waals surface area contributed by atoms with Gasteiger partial charge in [-0.15, -0.1) is 6.42 Å². The molecule has 0 amide bonds. The highest BCUT2D eigenvalue weighted by Crippen LogP contribution is 2.17. The van der Waals surface area contributed by atoms with E-state index in [0.29, 0.717) is 19.6 Å². The molecule has 0 aliphatic heterocycles. The Labute approximate surface area is 121 Å². The van der Waals surface area contributed by atoms with Crippen LogP contribution in [0.25, 0.3) is 0 Å². The summed E-state index contributed by atoms with van der Waals surface area (Å²) in [7, 11) is 3.88. The highest BCUT2D eigenvalue weighted by atomic mass is 16.5. The summed E-state index contributed by atoms with van der Waals surface area (Å²) in [5.74, 6) is 3.24. The summed E-state index contributed by atoms with van der Waals surface area (Å²) >= 11 is 0. The average Bonchev–Trinajstić information content (AvgIpc) is 2.36. The Kier molecular flexibility index (Phi) is 6.53. The molecule has 2 N–H and O–H groups in total. The quantitative estimate of drug-likeness (QED) is 0.698. The molecule has 0 saturated carbocycles. The second-order valence-corrected chi connectivity index (χ2v) is 5.44. The maximum atomic E-state index is 10.2. The summed E-state index contributed by atoms with van der Waals surface area (Å²) < 4.78 is 5.49. The predicted octanol–water partition coefficient (Wildman–Crippen LogP) is 1.10. The number of ether oxygens (including phenoxy) is 1. The molecule has 4 nitrogen and oxygen atoms in total. The van der Waals surface area contributed by atoms with Crippen LogP contribution in [0.4, 0.5) is 0 Å². The number of aliphatic hydroxyl groups is 1. The van der Waals surface area contributed by atoms with Gasteiger partial charge in [0.05, 0.1) is 5.60 Å². The van der Waals surface area contributed by atoms with Crippen molar-refractivity contribution in [2.24, 2.45) is 0 Å². The van der Waals surface area contributed by atoms with Crippen molar-refractivity contribution < 1.29 is 9.84 Å². The van der Waals surface area contributed by atoms with Crippen LogP contribution in [0.1, 0.15) is 12.5 Å². The summed E-state index contributed by atoms with van der Waals surface area (Å²) in [6.07, 6.45) is 5.20. The maximum absolute atomic E-state index is 10.2. The van der Waals surface area contributed by atoms with Crippen molar-refractivity contribution in [2.45, 2.75) is 19.1 Å². The Morgan fingerprint density at radius 3 is 2.75 bits per heavy atom. The molecule has 0 spiro atoms. The Balaban J connectivity index is 2.51. The van der Waals surface area contributed by atoms with E-state index in [1.807, 2.05) is 50.2 Å². The van der Waals surface area contributed by atoms with Gasteiger partial charge in [0, 0.05) is 25.2 Å². The number of rotatable bonds is 8. The Hall–Kier alpha value is -1.54. The molecular weight excluding hydrogens is 252 g/mol. The minimum atomic E-state index is -0.766. The van der Waals surface area contributed by atoms with Crippen LogP contribution in [0, 0.1) is 12.3 Å². The van der Waals surface area contributed by atoms with E-state index in [2.05, 4.69) is 11.2 Å². The molecule has 0 aliphatic rings. The van der Waals surface area contributed by atoms with Gasteiger partial charge in [0.2, 0.25) is 0 Å². The number of nitrogens with one attached hydrogen (secondary N) is 1. The fraction of sp³-hybridized carbons (Fsp3) is 0.500. The van der Waals surface area contributed by atoms with Crippen molar-refractivity contribution in [2.75, 3.05) is 33.8 Å². The molecule has 0 radical (unpaired) electrons. The fourth-order valence-corrected chi connectivity index (χ4v) is 2.11. The molecule has 0 bridgehead atoms. The minimum absolute atomic E-state index is 0.259. The molecule has 0 heterocycles. The molecule has 110 valence electrons. The molecule has 1 aromatic carbocycles. The van der Waals surface area contributed by atoms with Crippen LogP contribution in [0.2, 0.25) is 0 Å². The Bertz CT molecular complexity index is 450. The largest absolute Gasteiger partial charge is 0.481 e. The lowest BCUT2D eigenvalue weighted by molar-refractivity contribution is 0.0335. The first-order valence-corrected chi connectivity index (χ1v) is 6.66. The molecule has 1 aromatic rings. The van der Waals surface area contributed by atoms with Crippen LogP contribution in [-0.2, 0) is 6.54 Å². The zero-order chi connectivity index (χ0) is 15.0. The van der Waals surface area contributed by atoms with Gasteiger partial charge in [-0.3, -0.25) is 0 Å². The van der Waals surface area contributed by atoms with Gasteiger partial charge < -0.3 is 20.1 Å². The zero-order valence-electron chi connectivity index (χ0n) is 12.5. The third-order valence-electron chi connectivity index (χ3n) is 2.76. The van der Waals surface area contributed by atoms with Gasteiger partial charge in [0.25, 0.3) is 0 Å². The van der Waals surface area contributed by atoms with E-state index >= 15 is 0 Å². The van der Waals surface area contributed by atoms with Gasteiger partial charge in [0.1, 0.15) is 12.4 Å². The standard InChI is InChI=1S/C16H24N2O2/c1-5-10-20-15-9-7-6-8-14(15)11-17-12-16(2,19)13-18(3)4/h1,6-9,17,19H,10-13H2,2-4H3. The number of terminal acetylenes is 1. The van der Waals surface area contributed by atoms with E-state index in [0.717, 1.165) is 11.3 Å². The van der Waals surface area contributed by atoms with Crippen molar-refractivity contribution in [3.05, 3.63) is 29.8 Å². The van der Waals surface area contributed by atoms with Gasteiger partial charge in [-0.05, 0) is 27.1 Å². The molecule has 0 saturated heterocycles. The van der Waals surface area contributed by atoms with E-state index in [1.165, 1.54) is 0 Å². The van der Waals surface area contributed by atoms with Gasteiger partial charge in [-0.25, -0.2) is 0 Å². The van der Waals surface area contributed by atoms with Gasteiger partial charge in [-0.2, -0.15) is 0 Å². The van der Waals surface area contributed by atoms with Crippen LogP contribution < -0.4 is 10.1 Å². The number of benzene rings is 1. The second-order valence-electron chi connectivity index (χ2n) is 5.44. The Morgan fingerprint density at radius 2 is 2.10 bits per heavy atom.